The third kappa shape index (κ3) is 13.9. The molecule has 0 unspecified atom stereocenters. The van der Waals surface area contributed by atoms with Crippen LogP contribution in [-0.4, -0.2) is 110 Å². The highest BCUT2D eigenvalue weighted by Crippen LogP contribution is 2.33. The number of rotatable bonds is 25. The molecule has 14 heteroatoms. The summed E-state index contributed by atoms with van der Waals surface area (Å²) in [5.74, 6) is 1.58. The van der Waals surface area contributed by atoms with E-state index in [1.807, 2.05) is 71.2 Å². The van der Waals surface area contributed by atoms with Crippen molar-refractivity contribution in [1.29, 1.82) is 0 Å². The van der Waals surface area contributed by atoms with Gasteiger partial charge in [-0.15, -0.1) is 22.7 Å². The molecule has 4 aromatic carbocycles. The molecule has 0 saturated carbocycles. The smallest absolute Gasteiger partial charge is 0.312 e. The van der Waals surface area contributed by atoms with Crippen molar-refractivity contribution in [3.63, 3.8) is 0 Å². The second kappa shape index (κ2) is 25.8. The number of carbonyl (C=O) groups excluding carboxylic acids is 2. The van der Waals surface area contributed by atoms with Crippen molar-refractivity contribution in [2.45, 2.75) is 77.0 Å². The van der Waals surface area contributed by atoms with E-state index in [2.05, 4.69) is 88.9 Å². The largest absolute Gasteiger partial charge is 0.494 e. The van der Waals surface area contributed by atoms with Crippen LogP contribution in [0.25, 0.3) is 42.0 Å². The molecule has 0 atom stereocenters. The summed E-state index contributed by atoms with van der Waals surface area (Å²) < 4.78 is 26.2. The Morgan fingerprint density at radius 1 is 0.459 bits per heavy atom. The van der Waals surface area contributed by atoms with Gasteiger partial charge in [0.15, 0.2) is 0 Å². The van der Waals surface area contributed by atoms with Crippen molar-refractivity contribution >= 4 is 88.0 Å². The summed E-state index contributed by atoms with van der Waals surface area (Å²) in [6.07, 6.45) is 10.0. The monoisotopic (exact) mass is 1030 g/mol. The van der Waals surface area contributed by atoms with Crippen LogP contribution in [0.2, 0.25) is 0 Å². The Kier molecular flexibility index (Phi) is 17.8. The van der Waals surface area contributed by atoms with E-state index in [-0.39, 0.29) is 11.9 Å². The number of fused-ring (bicyclic) bond motifs is 4. The van der Waals surface area contributed by atoms with E-state index in [9.17, 15) is 9.59 Å². The van der Waals surface area contributed by atoms with E-state index in [0.717, 1.165) is 163 Å². The van der Waals surface area contributed by atoms with Crippen LogP contribution in [-0.2, 0) is 9.59 Å². The van der Waals surface area contributed by atoms with Gasteiger partial charge in [0, 0.05) is 132 Å². The van der Waals surface area contributed by atoms with Gasteiger partial charge >= 0.3 is 11.9 Å². The van der Waals surface area contributed by atoms with Crippen LogP contribution in [0.5, 0.6) is 23.3 Å². The van der Waals surface area contributed by atoms with Crippen LogP contribution in [0.4, 0.5) is 11.4 Å². The average molecular weight is 1030 g/mol. The number of piperazine rings is 2. The molecule has 2 saturated heterocycles. The van der Waals surface area contributed by atoms with E-state index in [4.69, 9.17) is 18.9 Å². The molecule has 0 amide bonds. The predicted octanol–water partition coefficient (Wildman–Crippen LogP) is 12.8. The van der Waals surface area contributed by atoms with Crippen molar-refractivity contribution < 1.29 is 28.5 Å². The first-order chi connectivity index (χ1) is 36.5. The number of anilines is 2. The van der Waals surface area contributed by atoms with Crippen LogP contribution in [0, 0.1) is 0 Å². The lowest BCUT2D eigenvalue weighted by atomic mass is 10.1. The zero-order chi connectivity index (χ0) is 50.3. The van der Waals surface area contributed by atoms with Gasteiger partial charge < -0.3 is 28.7 Å². The molecule has 74 heavy (non-hydrogen) atoms. The number of hydrogen-bond acceptors (Lipinski definition) is 14. The highest BCUT2D eigenvalue weighted by molar-refractivity contribution is 7.17. The van der Waals surface area contributed by atoms with Crippen LogP contribution in [0.15, 0.2) is 120 Å². The van der Waals surface area contributed by atoms with Crippen molar-refractivity contribution in [3.05, 3.63) is 120 Å². The number of thiophene rings is 2. The van der Waals surface area contributed by atoms with Gasteiger partial charge in [-0.2, -0.15) is 0 Å². The number of benzene rings is 4. The molecule has 0 radical (unpaired) electrons. The summed E-state index contributed by atoms with van der Waals surface area (Å²) in [4.78, 5) is 44.8. The molecule has 10 rings (SSSR count). The molecule has 0 aliphatic carbocycles. The predicted molar refractivity (Wildman–Crippen MR) is 302 cm³/mol. The van der Waals surface area contributed by atoms with Crippen molar-refractivity contribution in [1.82, 2.24) is 19.8 Å². The Hall–Kier alpha value is -6.32. The van der Waals surface area contributed by atoms with Crippen LogP contribution in [0.3, 0.4) is 0 Å². The molecule has 0 N–H and O–H groups in total. The van der Waals surface area contributed by atoms with Gasteiger partial charge in [-0.05, 0) is 135 Å². The molecule has 12 nitrogen and oxygen atoms in total. The van der Waals surface area contributed by atoms with Gasteiger partial charge in [-0.25, -0.2) is 9.97 Å². The molecule has 2 aliphatic heterocycles. The normalized spacial score (nSPS) is 14.6. The second-order valence-corrected chi connectivity index (χ2v) is 21.5. The number of hydrogen-bond donors (Lipinski definition) is 0. The maximum Gasteiger partial charge on any atom is 0.312 e. The molecule has 0 spiro atoms. The lowest BCUT2D eigenvalue weighted by molar-refractivity contribution is -0.135. The minimum Gasteiger partial charge on any atom is -0.494 e. The summed E-state index contributed by atoms with van der Waals surface area (Å²) >= 11 is 3.62. The SMILES string of the molecule is O=C(CCCCCCCCC(=O)Oc1ccc2ccc(OCCCCN3CCN(c4cccc5sccc45)CC3)cc2n1)Oc1ccc2ccc(OCCCCN3CCN(c4cccc5sccc45)CC3)cc2n1. The summed E-state index contributed by atoms with van der Waals surface area (Å²) in [7, 11) is 0. The van der Waals surface area contributed by atoms with E-state index >= 15 is 0 Å². The fourth-order valence-corrected chi connectivity index (χ4v) is 11.8. The Bertz CT molecular complexity index is 2900. The molecular weight excluding hydrogens is 965 g/mol. The zero-order valence-corrected chi connectivity index (χ0v) is 44.1. The molecule has 386 valence electrons. The molecule has 2 aliphatic rings. The zero-order valence-electron chi connectivity index (χ0n) is 42.5. The second-order valence-electron chi connectivity index (χ2n) is 19.6. The van der Waals surface area contributed by atoms with E-state index < -0.39 is 0 Å². The minimum atomic E-state index is -0.283. The summed E-state index contributed by atoms with van der Waals surface area (Å²) in [5, 5.41) is 9.03. The Morgan fingerprint density at radius 2 is 0.892 bits per heavy atom. The molecular formula is C60H68N6O6S2. The first-order valence-corrected chi connectivity index (χ1v) is 28.6. The lowest BCUT2D eigenvalue weighted by Gasteiger charge is -2.36. The van der Waals surface area contributed by atoms with Gasteiger partial charge in [0.1, 0.15) is 11.5 Å². The van der Waals surface area contributed by atoms with E-state index in [1.54, 1.807) is 12.1 Å². The number of aromatic nitrogens is 2. The Balaban J connectivity index is 0.550. The van der Waals surface area contributed by atoms with Crippen LogP contribution < -0.4 is 28.7 Å². The number of ether oxygens (including phenoxy) is 4. The average Bonchev–Trinajstić information content (AvgIpc) is 4.13. The minimum absolute atomic E-state index is 0.283. The topological polar surface area (TPSA) is 110 Å². The van der Waals surface area contributed by atoms with Crippen molar-refractivity contribution in [2.75, 3.05) is 88.5 Å². The molecule has 6 heterocycles. The lowest BCUT2D eigenvalue weighted by Crippen LogP contribution is -2.46. The highest BCUT2D eigenvalue weighted by Gasteiger charge is 2.21. The van der Waals surface area contributed by atoms with Gasteiger partial charge in [-0.1, -0.05) is 37.8 Å². The quantitative estimate of drug-likeness (QED) is 0.0401. The van der Waals surface area contributed by atoms with E-state index in [0.29, 0.717) is 37.8 Å². The number of pyridine rings is 2. The van der Waals surface area contributed by atoms with Gasteiger partial charge in [-0.3, -0.25) is 19.4 Å². The summed E-state index contributed by atoms with van der Waals surface area (Å²) in [6, 6.07) is 36.9. The number of esters is 2. The standard InChI is InChI=1S/C60H68N6O6S2/c67-59(71-57-25-21-45-19-23-47(43-51(45)61-57)69-39-9-7-29-63-31-35-65(36-32-63)53-13-11-15-55-49(53)27-41-73-55)17-5-3-1-2-4-6-18-60(68)72-58-26-22-46-20-24-48(44-52(46)62-58)70-40-10-8-30-64-33-37-66(38-34-64)54-14-12-16-56-50(54)28-42-74-56/h11-16,19-28,41-44H,1-10,17-18,29-40H2. The summed E-state index contributed by atoms with van der Waals surface area (Å²) in [6.45, 7) is 12.0. The van der Waals surface area contributed by atoms with Crippen LogP contribution in [0.1, 0.15) is 77.0 Å². The summed E-state index contributed by atoms with van der Waals surface area (Å²) in [5.41, 5.74) is 4.20. The first-order valence-electron chi connectivity index (χ1n) is 26.8. The van der Waals surface area contributed by atoms with Crippen molar-refractivity contribution in [2.24, 2.45) is 0 Å². The third-order valence-corrected chi connectivity index (χ3v) is 16.1. The highest BCUT2D eigenvalue weighted by atomic mass is 32.1. The fraction of sp³-hybridized carbons (Fsp3) is 0.400. The van der Waals surface area contributed by atoms with Crippen molar-refractivity contribution in [3.8, 4) is 23.3 Å². The Morgan fingerprint density at radius 3 is 1.35 bits per heavy atom. The Labute approximate surface area is 442 Å². The number of carbonyl (C=O) groups is 2. The van der Waals surface area contributed by atoms with Gasteiger partial charge in [0.25, 0.3) is 0 Å². The molecule has 8 aromatic rings. The molecule has 4 aromatic heterocycles. The fourth-order valence-electron chi connectivity index (χ4n) is 10.2. The number of unbranched alkanes of at least 4 members (excludes halogenated alkanes) is 7. The third-order valence-electron chi connectivity index (χ3n) is 14.4. The molecule has 0 bridgehead atoms. The van der Waals surface area contributed by atoms with Gasteiger partial charge in [0.05, 0.1) is 24.2 Å². The maximum atomic E-state index is 12.7. The molecule has 2 fully saturated rings. The van der Waals surface area contributed by atoms with E-state index in [1.165, 1.54) is 31.5 Å². The first kappa shape index (κ1) is 51.2. The van der Waals surface area contributed by atoms with Gasteiger partial charge in [0.2, 0.25) is 11.8 Å². The maximum absolute atomic E-state index is 12.7. The number of nitrogens with zero attached hydrogens (tertiary/aromatic N) is 6. The van der Waals surface area contributed by atoms with Crippen LogP contribution >= 0.6 is 22.7 Å².